The molecule has 1 amide bonds. The molecule has 3 aromatic rings. The third-order valence-corrected chi connectivity index (χ3v) is 4.68. The molecule has 0 aliphatic heterocycles. The maximum atomic E-state index is 13.3. The van der Waals surface area contributed by atoms with Gasteiger partial charge in [-0.15, -0.1) is 0 Å². The summed E-state index contributed by atoms with van der Waals surface area (Å²) >= 11 is 0. The summed E-state index contributed by atoms with van der Waals surface area (Å²) in [6, 6.07) is 8.66. The number of amides is 1. The van der Waals surface area contributed by atoms with Gasteiger partial charge in [0.15, 0.2) is 0 Å². The minimum atomic E-state index is -0.412. The van der Waals surface area contributed by atoms with Gasteiger partial charge in [-0.3, -0.25) is 14.4 Å². The maximum absolute atomic E-state index is 13.3. The second-order valence-electron chi connectivity index (χ2n) is 6.58. The van der Waals surface area contributed by atoms with E-state index in [9.17, 15) is 9.59 Å². The van der Waals surface area contributed by atoms with Crippen LogP contribution in [0.3, 0.4) is 0 Å². The van der Waals surface area contributed by atoms with Crippen molar-refractivity contribution >= 4 is 22.6 Å². The first-order valence-electron chi connectivity index (χ1n) is 9.91. The van der Waals surface area contributed by atoms with Crippen molar-refractivity contribution in [3.8, 4) is 16.9 Å². The molecule has 0 atom stereocenters. The number of pyridine rings is 2. The van der Waals surface area contributed by atoms with Crippen molar-refractivity contribution in [3.63, 3.8) is 0 Å². The molecular weight excluding hydrogens is 384 g/mol. The summed E-state index contributed by atoms with van der Waals surface area (Å²) in [5, 5.41) is 4.00. The number of rotatable bonds is 8. The molecule has 0 aliphatic carbocycles. The first-order chi connectivity index (χ1) is 14.5. The molecule has 158 valence electrons. The van der Waals surface area contributed by atoms with Gasteiger partial charge in [-0.05, 0) is 50.6 Å². The molecule has 8 nitrogen and oxygen atoms in total. The van der Waals surface area contributed by atoms with E-state index < -0.39 is 5.91 Å². The van der Waals surface area contributed by atoms with Crippen LogP contribution < -0.4 is 21.1 Å². The summed E-state index contributed by atoms with van der Waals surface area (Å²) in [7, 11) is 1.51. The van der Waals surface area contributed by atoms with Crippen molar-refractivity contribution in [2.24, 2.45) is 0 Å². The first kappa shape index (κ1) is 21.3. The normalized spacial score (nSPS) is 10.8. The molecule has 8 heteroatoms. The molecule has 0 aliphatic rings. The lowest BCUT2D eigenvalue weighted by Gasteiger charge is -2.14. The van der Waals surface area contributed by atoms with E-state index >= 15 is 0 Å². The Kier molecular flexibility index (Phi) is 6.68. The SMILES string of the molecule is CCNc1cc2c(cn1)cc(-c1cc(OC)cc(C(=O)NOCC)c1)c(=O)n2CC. The largest absolute Gasteiger partial charge is 0.497 e. The summed E-state index contributed by atoms with van der Waals surface area (Å²) in [5.74, 6) is 0.776. The zero-order valence-corrected chi connectivity index (χ0v) is 17.6. The summed E-state index contributed by atoms with van der Waals surface area (Å²) in [4.78, 5) is 35.1. The standard InChI is InChI=1S/C22H26N4O4/c1-5-23-20-12-19-16(13-24-20)11-18(22(28)26(19)6-2)14-8-15(10-17(9-14)29-4)21(27)25-30-7-3/h8-13H,5-7H2,1-4H3,(H,23,24)(H,25,27). The Morgan fingerprint density at radius 1 is 1.13 bits per heavy atom. The lowest BCUT2D eigenvalue weighted by molar-refractivity contribution is 0.0364. The Morgan fingerprint density at radius 3 is 2.60 bits per heavy atom. The summed E-state index contributed by atoms with van der Waals surface area (Å²) < 4.78 is 7.05. The number of carbonyl (C=O) groups is 1. The molecule has 30 heavy (non-hydrogen) atoms. The Labute approximate surface area is 174 Å². The number of hydrogen-bond donors (Lipinski definition) is 2. The smallest absolute Gasteiger partial charge is 0.274 e. The Hall–Kier alpha value is -3.39. The van der Waals surface area contributed by atoms with Crippen LogP contribution in [-0.2, 0) is 11.4 Å². The Bertz CT molecular complexity index is 1120. The Morgan fingerprint density at radius 2 is 1.93 bits per heavy atom. The van der Waals surface area contributed by atoms with Gasteiger partial charge < -0.3 is 14.6 Å². The van der Waals surface area contributed by atoms with Crippen LogP contribution in [-0.4, -0.2) is 35.7 Å². The van der Waals surface area contributed by atoms with E-state index in [0.29, 0.717) is 35.6 Å². The van der Waals surface area contributed by atoms with Gasteiger partial charge in [0, 0.05) is 41.9 Å². The number of nitrogens with one attached hydrogen (secondary N) is 2. The van der Waals surface area contributed by atoms with E-state index in [2.05, 4.69) is 15.8 Å². The lowest BCUT2D eigenvalue weighted by atomic mass is 10.0. The molecule has 1 aromatic carbocycles. The fraction of sp³-hybridized carbons (Fsp3) is 0.318. The van der Waals surface area contributed by atoms with Gasteiger partial charge in [0.05, 0.1) is 19.2 Å². The van der Waals surface area contributed by atoms with Crippen molar-refractivity contribution in [2.75, 3.05) is 25.6 Å². The van der Waals surface area contributed by atoms with Gasteiger partial charge in [-0.1, -0.05) is 0 Å². The van der Waals surface area contributed by atoms with Crippen LogP contribution in [0, 0.1) is 0 Å². The summed E-state index contributed by atoms with van der Waals surface area (Å²) in [5.41, 5.74) is 4.40. The van der Waals surface area contributed by atoms with Gasteiger partial charge >= 0.3 is 0 Å². The fourth-order valence-corrected chi connectivity index (χ4v) is 3.27. The number of anilines is 1. The molecule has 0 fully saturated rings. The number of fused-ring (bicyclic) bond motifs is 1. The van der Waals surface area contributed by atoms with Crippen LogP contribution in [0.15, 0.2) is 41.3 Å². The first-order valence-corrected chi connectivity index (χ1v) is 9.91. The number of hydrogen-bond acceptors (Lipinski definition) is 6. The minimum Gasteiger partial charge on any atom is -0.497 e. The zero-order valence-electron chi connectivity index (χ0n) is 17.6. The number of ether oxygens (including phenoxy) is 1. The van der Waals surface area contributed by atoms with Crippen LogP contribution in [0.5, 0.6) is 5.75 Å². The average molecular weight is 410 g/mol. The fourth-order valence-electron chi connectivity index (χ4n) is 3.27. The molecule has 0 radical (unpaired) electrons. The van der Waals surface area contributed by atoms with Gasteiger partial charge in [-0.2, -0.15) is 0 Å². The molecular formula is C22H26N4O4. The molecule has 2 N–H and O–H groups in total. The van der Waals surface area contributed by atoms with Gasteiger partial charge in [-0.25, -0.2) is 10.5 Å². The highest BCUT2D eigenvalue weighted by Gasteiger charge is 2.15. The van der Waals surface area contributed by atoms with Crippen LogP contribution >= 0.6 is 0 Å². The third kappa shape index (κ3) is 4.28. The van der Waals surface area contributed by atoms with Crippen LogP contribution in [0.2, 0.25) is 0 Å². The predicted molar refractivity (Wildman–Crippen MR) is 117 cm³/mol. The minimum absolute atomic E-state index is 0.150. The lowest BCUT2D eigenvalue weighted by Crippen LogP contribution is -2.24. The second kappa shape index (κ2) is 9.41. The van der Waals surface area contributed by atoms with Crippen molar-refractivity contribution < 1.29 is 14.4 Å². The van der Waals surface area contributed by atoms with E-state index in [-0.39, 0.29) is 5.56 Å². The molecule has 0 saturated heterocycles. The van der Waals surface area contributed by atoms with E-state index in [1.807, 2.05) is 19.9 Å². The van der Waals surface area contributed by atoms with E-state index in [1.54, 1.807) is 42.0 Å². The highest BCUT2D eigenvalue weighted by atomic mass is 16.6. The van der Waals surface area contributed by atoms with E-state index in [1.165, 1.54) is 7.11 Å². The van der Waals surface area contributed by atoms with Crippen molar-refractivity contribution in [3.05, 3.63) is 52.4 Å². The second-order valence-corrected chi connectivity index (χ2v) is 6.58. The number of aromatic nitrogens is 2. The van der Waals surface area contributed by atoms with Gasteiger partial charge in [0.2, 0.25) is 0 Å². The molecule has 2 heterocycles. The number of hydroxylamine groups is 1. The number of nitrogens with zero attached hydrogens (tertiary/aromatic N) is 2. The summed E-state index contributed by atoms with van der Waals surface area (Å²) in [6.45, 7) is 7.27. The van der Waals surface area contributed by atoms with Crippen molar-refractivity contribution in [2.45, 2.75) is 27.3 Å². The molecule has 0 spiro atoms. The Balaban J connectivity index is 2.18. The highest BCUT2D eigenvalue weighted by Crippen LogP contribution is 2.27. The number of methoxy groups -OCH3 is 1. The number of benzene rings is 1. The van der Waals surface area contributed by atoms with Gasteiger partial charge in [0.25, 0.3) is 11.5 Å². The molecule has 3 rings (SSSR count). The van der Waals surface area contributed by atoms with Crippen LogP contribution in [0.1, 0.15) is 31.1 Å². The maximum Gasteiger partial charge on any atom is 0.274 e. The topological polar surface area (TPSA) is 94.5 Å². The summed E-state index contributed by atoms with van der Waals surface area (Å²) in [6.07, 6.45) is 1.74. The number of aryl methyl sites for hydroxylation is 1. The number of carbonyl (C=O) groups excluding carboxylic acids is 1. The predicted octanol–water partition coefficient (Wildman–Crippen LogP) is 3.21. The molecule has 0 unspecified atom stereocenters. The molecule has 2 aromatic heterocycles. The zero-order chi connectivity index (χ0) is 21.7. The quantitative estimate of drug-likeness (QED) is 0.554. The molecule has 0 saturated carbocycles. The van der Waals surface area contributed by atoms with Crippen LogP contribution in [0.4, 0.5) is 5.82 Å². The van der Waals surface area contributed by atoms with E-state index in [0.717, 1.165) is 23.3 Å². The van der Waals surface area contributed by atoms with Crippen LogP contribution in [0.25, 0.3) is 22.0 Å². The average Bonchev–Trinajstić information content (AvgIpc) is 2.77. The third-order valence-electron chi connectivity index (χ3n) is 4.68. The van der Waals surface area contributed by atoms with Crippen molar-refractivity contribution in [1.82, 2.24) is 15.0 Å². The van der Waals surface area contributed by atoms with Gasteiger partial charge in [0.1, 0.15) is 11.6 Å². The monoisotopic (exact) mass is 410 g/mol. The van der Waals surface area contributed by atoms with E-state index in [4.69, 9.17) is 9.57 Å². The highest BCUT2D eigenvalue weighted by molar-refractivity contribution is 5.96. The van der Waals surface area contributed by atoms with Crippen molar-refractivity contribution in [1.29, 1.82) is 0 Å². The molecule has 0 bridgehead atoms.